The molecule has 3 aliphatic heterocycles. The summed E-state index contributed by atoms with van der Waals surface area (Å²) in [7, 11) is 0. The first-order valence-electron chi connectivity index (χ1n) is 12.8. The van der Waals surface area contributed by atoms with Gasteiger partial charge >= 0.3 is 0 Å². The van der Waals surface area contributed by atoms with Crippen LogP contribution in [0, 0.1) is 17.8 Å². The van der Waals surface area contributed by atoms with Crippen LogP contribution in [-0.4, -0.2) is 58.1 Å². The maximum atomic E-state index is 14.0. The summed E-state index contributed by atoms with van der Waals surface area (Å²) in [4.78, 5) is 42.8. The van der Waals surface area contributed by atoms with E-state index in [0.29, 0.717) is 30.1 Å². The number of halogens is 1. The van der Waals surface area contributed by atoms with Crippen molar-refractivity contribution in [2.45, 2.75) is 57.0 Å². The quantitative estimate of drug-likeness (QED) is 0.491. The number of rotatable bonds is 8. The maximum Gasteiger partial charge on any atom is 0.250 e. The summed E-state index contributed by atoms with van der Waals surface area (Å²) < 4.78 is 6.45. The average Bonchev–Trinajstić information content (AvgIpc) is 3.52. The van der Waals surface area contributed by atoms with Gasteiger partial charge in [-0.3, -0.25) is 14.4 Å². The molecule has 3 aliphatic rings. The van der Waals surface area contributed by atoms with Crippen LogP contribution in [0.1, 0.15) is 32.3 Å². The van der Waals surface area contributed by atoms with E-state index in [1.54, 1.807) is 24.3 Å². The highest BCUT2D eigenvalue weighted by atomic mass is 35.5. The van der Waals surface area contributed by atoms with Crippen LogP contribution in [0.5, 0.6) is 0 Å². The third kappa shape index (κ3) is 4.41. The minimum Gasteiger partial charge on any atom is -0.394 e. The van der Waals surface area contributed by atoms with E-state index in [1.165, 1.54) is 4.90 Å². The van der Waals surface area contributed by atoms with E-state index in [-0.39, 0.29) is 24.3 Å². The Morgan fingerprint density at radius 1 is 1.14 bits per heavy atom. The molecule has 3 fully saturated rings. The molecule has 2 bridgehead atoms. The largest absolute Gasteiger partial charge is 0.394 e. The van der Waals surface area contributed by atoms with Crippen LogP contribution in [0.3, 0.4) is 0 Å². The van der Waals surface area contributed by atoms with E-state index in [2.05, 4.69) is 10.6 Å². The van der Waals surface area contributed by atoms with Gasteiger partial charge in [-0.25, -0.2) is 0 Å². The molecule has 3 saturated heterocycles. The van der Waals surface area contributed by atoms with Gasteiger partial charge in [0, 0.05) is 17.3 Å². The topological polar surface area (TPSA) is 108 Å². The average molecular weight is 526 g/mol. The zero-order valence-electron chi connectivity index (χ0n) is 20.9. The van der Waals surface area contributed by atoms with Crippen molar-refractivity contribution in [1.82, 2.24) is 10.2 Å². The molecular formula is C28H32ClN3O5. The van der Waals surface area contributed by atoms with Gasteiger partial charge in [0.1, 0.15) is 11.6 Å². The van der Waals surface area contributed by atoms with E-state index < -0.39 is 41.5 Å². The van der Waals surface area contributed by atoms with Gasteiger partial charge in [0.15, 0.2) is 0 Å². The predicted octanol–water partition coefficient (Wildman–Crippen LogP) is 2.99. The van der Waals surface area contributed by atoms with Crippen molar-refractivity contribution in [3.63, 3.8) is 0 Å². The smallest absolute Gasteiger partial charge is 0.250 e. The van der Waals surface area contributed by atoms with Gasteiger partial charge in [-0.15, -0.1) is 0 Å². The minimum absolute atomic E-state index is 0.113. The fourth-order valence-corrected chi connectivity index (χ4v) is 6.44. The summed E-state index contributed by atoms with van der Waals surface area (Å²) in [5.74, 6) is -2.58. The van der Waals surface area contributed by atoms with E-state index in [9.17, 15) is 19.5 Å². The number of amides is 3. The highest BCUT2D eigenvalue weighted by molar-refractivity contribution is 6.30. The summed E-state index contributed by atoms with van der Waals surface area (Å²) in [6.45, 7) is 3.84. The normalized spacial score (nSPS) is 28.9. The second-order valence-corrected chi connectivity index (χ2v) is 10.9. The summed E-state index contributed by atoms with van der Waals surface area (Å²) in [6.07, 6.45) is 0.628. The van der Waals surface area contributed by atoms with Crippen molar-refractivity contribution in [3.8, 4) is 0 Å². The van der Waals surface area contributed by atoms with Gasteiger partial charge in [0.2, 0.25) is 17.7 Å². The van der Waals surface area contributed by atoms with E-state index >= 15 is 0 Å². The van der Waals surface area contributed by atoms with Crippen LogP contribution in [0.15, 0.2) is 54.6 Å². The number of hydrogen-bond acceptors (Lipinski definition) is 5. The molecule has 2 unspecified atom stereocenters. The Kier molecular flexibility index (Phi) is 7.00. The van der Waals surface area contributed by atoms with Gasteiger partial charge in [-0.05, 0) is 48.6 Å². The van der Waals surface area contributed by atoms with Gasteiger partial charge in [-0.1, -0.05) is 55.8 Å². The van der Waals surface area contributed by atoms with Crippen LogP contribution < -0.4 is 10.6 Å². The second-order valence-electron chi connectivity index (χ2n) is 10.5. The Labute approximate surface area is 221 Å². The molecule has 0 aliphatic carbocycles. The fourth-order valence-electron chi connectivity index (χ4n) is 6.31. The zero-order valence-corrected chi connectivity index (χ0v) is 21.6. The summed E-state index contributed by atoms with van der Waals surface area (Å²) in [5.41, 5.74) is 0.362. The molecule has 2 aromatic carbocycles. The summed E-state index contributed by atoms with van der Waals surface area (Å²) >= 11 is 6.00. The van der Waals surface area contributed by atoms with Crippen LogP contribution in [0.25, 0.3) is 0 Å². The molecule has 9 heteroatoms. The SMILES string of the molecule is CC(C)[C@H](CO)N1C(=O)[C@@H]2[C@H](C(=O)NCc3ccccc3)[C@@H]3CCC2(O3)C1C(=O)Nc1ccc(Cl)cc1. The Morgan fingerprint density at radius 3 is 2.49 bits per heavy atom. The van der Waals surface area contributed by atoms with E-state index in [0.717, 1.165) is 5.56 Å². The fraction of sp³-hybridized carbons (Fsp3) is 0.464. The molecule has 196 valence electrons. The number of carbonyl (C=O) groups excluding carboxylic acids is 3. The number of anilines is 1. The molecule has 0 saturated carbocycles. The number of aliphatic hydroxyl groups is 1. The first kappa shape index (κ1) is 25.7. The highest BCUT2D eigenvalue weighted by Gasteiger charge is 2.75. The van der Waals surface area contributed by atoms with Gasteiger partial charge in [-0.2, -0.15) is 0 Å². The number of carbonyl (C=O) groups is 3. The molecule has 6 atom stereocenters. The van der Waals surface area contributed by atoms with Crippen LogP contribution in [0.2, 0.25) is 5.02 Å². The Morgan fingerprint density at radius 2 is 1.84 bits per heavy atom. The third-order valence-corrected chi connectivity index (χ3v) is 8.28. The number of aliphatic hydroxyl groups excluding tert-OH is 1. The lowest BCUT2D eigenvalue weighted by atomic mass is 9.70. The first-order valence-corrected chi connectivity index (χ1v) is 13.1. The van der Waals surface area contributed by atoms with Crippen LogP contribution in [-0.2, 0) is 25.7 Å². The summed E-state index contributed by atoms with van der Waals surface area (Å²) in [6, 6.07) is 14.7. The molecule has 2 aromatic rings. The van der Waals surface area contributed by atoms with Gasteiger partial charge < -0.3 is 25.4 Å². The van der Waals surface area contributed by atoms with Gasteiger partial charge in [0.25, 0.3) is 0 Å². The number of fused-ring (bicyclic) bond motifs is 1. The maximum absolute atomic E-state index is 14.0. The molecule has 1 spiro atoms. The van der Waals surface area contributed by atoms with Crippen LogP contribution >= 0.6 is 11.6 Å². The van der Waals surface area contributed by atoms with E-state index in [1.807, 2.05) is 44.2 Å². The molecular weight excluding hydrogens is 494 g/mol. The number of nitrogens with one attached hydrogen (secondary N) is 2. The molecule has 8 nitrogen and oxygen atoms in total. The Bertz CT molecular complexity index is 1170. The Balaban J connectivity index is 1.46. The highest BCUT2D eigenvalue weighted by Crippen LogP contribution is 2.59. The van der Waals surface area contributed by atoms with Crippen molar-refractivity contribution in [1.29, 1.82) is 0 Å². The second kappa shape index (κ2) is 10.1. The van der Waals surface area contributed by atoms with Crippen molar-refractivity contribution in [2.75, 3.05) is 11.9 Å². The standard InChI is InChI=1S/C28H32ClN3O5/c1-16(2)20(15-33)32-24(26(35)31-19-10-8-18(29)9-11-19)28-13-12-21(37-28)22(23(28)27(32)36)25(34)30-14-17-6-4-3-5-7-17/h3-11,16,20-24,33H,12-15H2,1-2H3,(H,30,34)(H,31,35)/t20-,21-,22+,23-,24?,28?/m0/s1. The number of nitrogens with zero attached hydrogens (tertiary/aromatic N) is 1. The predicted molar refractivity (Wildman–Crippen MR) is 139 cm³/mol. The Hall–Kier alpha value is -2.94. The molecule has 3 heterocycles. The number of likely N-dealkylation sites (tertiary alicyclic amines) is 1. The van der Waals surface area contributed by atoms with Crippen molar-refractivity contribution < 1.29 is 24.2 Å². The van der Waals surface area contributed by atoms with Crippen molar-refractivity contribution in [2.24, 2.45) is 17.8 Å². The zero-order chi connectivity index (χ0) is 26.3. The van der Waals surface area contributed by atoms with Crippen LogP contribution in [0.4, 0.5) is 5.69 Å². The molecule has 5 rings (SSSR count). The lowest BCUT2D eigenvalue weighted by Crippen LogP contribution is -2.57. The third-order valence-electron chi connectivity index (χ3n) is 8.02. The van der Waals surface area contributed by atoms with Gasteiger partial charge in [0.05, 0.1) is 30.6 Å². The molecule has 0 radical (unpaired) electrons. The number of hydrogen-bond donors (Lipinski definition) is 3. The lowest BCUT2D eigenvalue weighted by Gasteiger charge is -2.38. The molecule has 0 aromatic heterocycles. The summed E-state index contributed by atoms with van der Waals surface area (Å²) in [5, 5.41) is 16.7. The first-order chi connectivity index (χ1) is 17.8. The van der Waals surface area contributed by atoms with E-state index in [4.69, 9.17) is 16.3 Å². The van der Waals surface area contributed by atoms with Crippen molar-refractivity contribution in [3.05, 3.63) is 65.2 Å². The molecule has 3 N–H and O–H groups in total. The lowest BCUT2D eigenvalue weighted by molar-refractivity contribution is -0.145. The minimum atomic E-state index is -1.13. The number of ether oxygens (including phenoxy) is 1. The monoisotopic (exact) mass is 525 g/mol. The number of benzene rings is 2. The molecule has 37 heavy (non-hydrogen) atoms. The molecule has 3 amide bonds. The van der Waals surface area contributed by atoms with Crippen molar-refractivity contribution >= 4 is 35.0 Å².